The molecule has 0 spiro atoms. The fraction of sp³-hybridized carbons (Fsp3) is 0.211. The van der Waals surface area contributed by atoms with Crippen molar-refractivity contribution in [2.75, 3.05) is 26.0 Å². The molecule has 0 fully saturated rings. The molecule has 0 atom stereocenters. The number of rotatable bonds is 7. The number of hydrogen-bond acceptors (Lipinski definition) is 5. The molecule has 2 heterocycles. The molecule has 1 N–H and O–H groups in total. The Morgan fingerprint density at radius 2 is 2.19 bits per heavy atom. The molecule has 0 aliphatic rings. The van der Waals surface area contributed by atoms with Gasteiger partial charge in [0.1, 0.15) is 6.33 Å². The van der Waals surface area contributed by atoms with Crippen LogP contribution in [0.2, 0.25) is 0 Å². The van der Waals surface area contributed by atoms with Crippen LogP contribution in [-0.4, -0.2) is 46.4 Å². The van der Waals surface area contributed by atoms with Crippen molar-refractivity contribution in [2.45, 2.75) is 6.54 Å². The van der Waals surface area contributed by atoms with Gasteiger partial charge in [0.25, 0.3) is 0 Å². The van der Waals surface area contributed by atoms with Crippen molar-refractivity contribution in [3.63, 3.8) is 0 Å². The van der Waals surface area contributed by atoms with Crippen LogP contribution in [-0.2, 0) is 6.54 Å². The summed E-state index contributed by atoms with van der Waals surface area (Å²) in [5, 5.41) is 7.14. The number of benzene rings is 1. The van der Waals surface area contributed by atoms with Gasteiger partial charge in [0, 0.05) is 30.1 Å². The van der Waals surface area contributed by atoms with Crippen molar-refractivity contribution in [3.8, 4) is 0 Å². The van der Waals surface area contributed by atoms with E-state index in [0.717, 1.165) is 11.2 Å². The summed E-state index contributed by atoms with van der Waals surface area (Å²) in [6.45, 7) is 4.91. The van der Waals surface area contributed by atoms with Crippen LogP contribution < -0.4 is 5.32 Å². The van der Waals surface area contributed by atoms with E-state index in [-0.39, 0.29) is 5.82 Å². The SMILES string of the molecule is C=C(N=CCNc1cccc(CN(C)C)c1F)c1ccc2ncnn2c1. The molecule has 0 unspecified atom stereocenters. The second-order valence-electron chi connectivity index (χ2n) is 6.14. The summed E-state index contributed by atoms with van der Waals surface area (Å²) in [5.41, 5.74) is 3.33. The molecule has 7 heteroatoms. The van der Waals surface area contributed by atoms with Gasteiger partial charge in [-0.15, -0.1) is 0 Å². The minimum absolute atomic E-state index is 0.231. The number of fused-ring (bicyclic) bond motifs is 1. The number of pyridine rings is 1. The van der Waals surface area contributed by atoms with Gasteiger partial charge in [0.15, 0.2) is 11.5 Å². The number of aliphatic imine (C=N–C) groups is 1. The van der Waals surface area contributed by atoms with Gasteiger partial charge in [-0.3, -0.25) is 4.99 Å². The highest BCUT2D eigenvalue weighted by molar-refractivity contribution is 5.75. The molecule has 0 saturated heterocycles. The molecule has 134 valence electrons. The molecule has 3 aromatic rings. The Morgan fingerprint density at radius 3 is 3.00 bits per heavy atom. The molecular formula is C19H21FN6. The van der Waals surface area contributed by atoms with Crippen molar-refractivity contribution >= 4 is 23.2 Å². The average Bonchev–Trinajstić information content (AvgIpc) is 3.08. The lowest BCUT2D eigenvalue weighted by Crippen LogP contribution is -2.13. The van der Waals surface area contributed by atoms with E-state index in [1.54, 1.807) is 22.9 Å². The number of nitrogens with zero attached hydrogens (tertiary/aromatic N) is 5. The first-order valence-electron chi connectivity index (χ1n) is 8.22. The van der Waals surface area contributed by atoms with E-state index in [9.17, 15) is 4.39 Å². The molecule has 0 bridgehead atoms. The summed E-state index contributed by atoms with van der Waals surface area (Å²) < 4.78 is 16.1. The molecule has 0 aliphatic carbocycles. The van der Waals surface area contributed by atoms with E-state index in [2.05, 4.69) is 27.0 Å². The predicted molar refractivity (Wildman–Crippen MR) is 103 cm³/mol. The minimum atomic E-state index is -0.231. The van der Waals surface area contributed by atoms with E-state index in [0.29, 0.717) is 30.0 Å². The maximum absolute atomic E-state index is 14.4. The number of hydrogen-bond donors (Lipinski definition) is 1. The van der Waals surface area contributed by atoms with E-state index in [1.807, 2.05) is 43.4 Å². The molecule has 2 aromatic heterocycles. The van der Waals surface area contributed by atoms with Crippen LogP contribution in [0.5, 0.6) is 0 Å². The van der Waals surface area contributed by atoms with E-state index in [1.165, 1.54) is 6.33 Å². The molecule has 0 radical (unpaired) electrons. The molecule has 0 aliphatic heterocycles. The summed E-state index contributed by atoms with van der Waals surface area (Å²) >= 11 is 0. The molecule has 0 amide bonds. The lowest BCUT2D eigenvalue weighted by molar-refractivity contribution is 0.393. The van der Waals surface area contributed by atoms with Gasteiger partial charge in [-0.25, -0.2) is 13.9 Å². The zero-order valence-corrected chi connectivity index (χ0v) is 14.9. The second-order valence-corrected chi connectivity index (χ2v) is 6.14. The number of anilines is 1. The van der Waals surface area contributed by atoms with Gasteiger partial charge < -0.3 is 10.2 Å². The van der Waals surface area contributed by atoms with Crippen molar-refractivity contribution in [3.05, 3.63) is 66.4 Å². The standard InChI is InChI=1S/C19H21FN6/c1-14(15-7-8-18-23-13-24-26(18)12-15)21-9-10-22-17-6-4-5-16(19(17)20)11-25(2)3/h4-9,12-13,22H,1,10-11H2,2-3H3. The van der Waals surface area contributed by atoms with Gasteiger partial charge in [0.05, 0.1) is 17.9 Å². The number of nitrogens with one attached hydrogen (secondary N) is 1. The first-order chi connectivity index (χ1) is 12.5. The highest BCUT2D eigenvalue weighted by Crippen LogP contribution is 2.19. The van der Waals surface area contributed by atoms with E-state index >= 15 is 0 Å². The fourth-order valence-electron chi connectivity index (χ4n) is 2.55. The maximum Gasteiger partial charge on any atom is 0.155 e. The highest BCUT2D eigenvalue weighted by Gasteiger charge is 2.08. The molecule has 1 aromatic carbocycles. The normalized spacial score (nSPS) is 11.5. The van der Waals surface area contributed by atoms with E-state index in [4.69, 9.17) is 0 Å². The van der Waals surface area contributed by atoms with Crippen LogP contribution in [0.3, 0.4) is 0 Å². The first kappa shape index (κ1) is 17.8. The second kappa shape index (κ2) is 7.88. The Kier molecular flexibility index (Phi) is 5.38. The van der Waals surface area contributed by atoms with Gasteiger partial charge in [-0.1, -0.05) is 18.7 Å². The summed E-state index contributed by atoms with van der Waals surface area (Å²) in [5.74, 6) is -0.231. The lowest BCUT2D eigenvalue weighted by Gasteiger charge is -2.13. The van der Waals surface area contributed by atoms with Crippen LogP contribution in [0, 0.1) is 5.82 Å². The van der Waals surface area contributed by atoms with Crippen LogP contribution in [0.4, 0.5) is 10.1 Å². The van der Waals surface area contributed by atoms with Gasteiger partial charge in [-0.05, 0) is 32.3 Å². The zero-order chi connectivity index (χ0) is 18.5. The first-order valence-corrected chi connectivity index (χ1v) is 8.22. The minimum Gasteiger partial charge on any atom is -0.378 e. The highest BCUT2D eigenvalue weighted by atomic mass is 19.1. The third-order valence-electron chi connectivity index (χ3n) is 3.80. The number of aromatic nitrogens is 3. The quantitative estimate of drug-likeness (QED) is 0.664. The smallest absolute Gasteiger partial charge is 0.155 e. The Balaban J connectivity index is 1.61. The largest absolute Gasteiger partial charge is 0.378 e. The summed E-state index contributed by atoms with van der Waals surface area (Å²) in [6.07, 6.45) is 4.99. The fourth-order valence-corrected chi connectivity index (χ4v) is 2.55. The molecular weight excluding hydrogens is 331 g/mol. The third-order valence-corrected chi connectivity index (χ3v) is 3.80. The monoisotopic (exact) mass is 352 g/mol. The van der Waals surface area contributed by atoms with Crippen LogP contribution in [0.1, 0.15) is 11.1 Å². The number of halogens is 1. The lowest BCUT2D eigenvalue weighted by atomic mass is 10.1. The zero-order valence-electron chi connectivity index (χ0n) is 14.9. The molecule has 0 saturated carbocycles. The molecule has 3 rings (SSSR count). The summed E-state index contributed by atoms with van der Waals surface area (Å²) in [4.78, 5) is 10.4. The predicted octanol–water partition coefficient (Wildman–Crippen LogP) is 3.08. The topological polar surface area (TPSA) is 57.8 Å². The van der Waals surface area contributed by atoms with Crippen molar-refractivity contribution in [1.82, 2.24) is 19.5 Å². The maximum atomic E-state index is 14.4. The van der Waals surface area contributed by atoms with Crippen molar-refractivity contribution in [2.24, 2.45) is 4.99 Å². The Bertz CT molecular complexity index is 944. The van der Waals surface area contributed by atoms with Crippen LogP contribution >= 0.6 is 0 Å². The third kappa shape index (κ3) is 4.12. The Labute approximate surface area is 151 Å². The summed E-state index contributed by atoms with van der Waals surface area (Å²) in [6, 6.07) is 9.09. The Hall–Kier alpha value is -3.06. The van der Waals surface area contributed by atoms with Crippen LogP contribution in [0.15, 0.2) is 54.4 Å². The van der Waals surface area contributed by atoms with E-state index < -0.39 is 0 Å². The van der Waals surface area contributed by atoms with Crippen molar-refractivity contribution in [1.29, 1.82) is 0 Å². The van der Waals surface area contributed by atoms with Crippen molar-refractivity contribution < 1.29 is 4.39 Å². The summed E-state index contributed by atoms with van der Waals surface area (Å²) in [7, 11) is 3.82. The van der Waals surface area contributed by atoms with Gasteiger partial charge >= 0.3 is 0 Å². The Morgan fingerprint density at radius 1 is 1.35 bits per heavy atom. The van der Waals surface area contributed by atoms with Crippen LogP contribution in [0.25, 0.3) is 11.3 Å². The molecule has 26 heavy (non-hydrogen) atoms. The average molecular weight is 352 g/mol. The molecule has 6 nitrogen and oxygen atoms in total. The van der Waals surface area contributed by atoms with Gasteiger partial charge in [-0.2, -0.15) is 5.10 Å². The van der Waals surface area contributed by atoms with Gasteiger partial charge in [0.2, 0.25) is 0 Å².